The molecular weight excluding hydrogens is 304 g/mol. The van der Waals surface area contributed by atoms with E-state index in [1.165, 1.54) is 0 Å². The van der Waals surface area contributed by atoms with Crippen molar-refractivity contribution in [2.45, 2.75) is 32.3 Å². The predicted molar refractivity (Wildman–Crippen MR) is 96.0 cm³/mol. The standard InChI is InChI=1S/C19H26N2O3/c1-19(2,3)18-11-16(24-21-18)10-9-14-7-5-6-8-17(14)23-13-15(22)12-20-4/h5-11,15,20,22H,12-13H2,1-4H3. The summed E-state index contributed by atoms with van der Waals surface area (Å²) in [5, 5.41) is 16.8. The number of aromatic nitrogens is 1. The van der Waals surface area contributed by atoms with Crippen molar-refractivity contribution in [3.63, 3.8) is 0 Å². The molecule has 0 saturated heterocycles. The smallest absolute Gasteiger partial charge is 0.159 e. The molecule has 0 aliphatic heterocycles. The van der Waals surface area contributed by atoms with E-state index in [9.17, 15) is 5.11 Å². The third-order valence-electron chi connectivity index (χ3n) is 3.51. The second kappa shape index (κ2) is 8.13. The second-order valence-corrected chi connectivity index (χ2v) is 6.76. The van der Waals surface area contributed by atoms with Gasteiger partial charge in [0, 0.05) is 23.6 Å². The second-order valence-electron chi connectivity index (χ2n) is 6.76. The molecule has 24 heavy (non-hydrogen) atoms. The van der Waals surface area contributed by atoms with Gasteiger partial charge in [-0.2, -0.15) is 0 Å². The Morgan fingerprint density at radius 1 is 1.29 bits per heavy atom. The zero-order valence-electron chi connectivity index (χ0n) is 14.7. The summed E-state index contributed by atoms with van der Waals surface area (Å²) < 4.78 is 11.1. The van der Waals surface area contributed by atoms with Crippen LogP contribution in [0.15, 0.2) is 34.9 Å². The fourth-order valence-corrected chi connectivity index (χ4v) is 2.12. The number of para-hydroxylation sites is 1. The summed E-state index contributed by atoms with van der Waals surface area (Å²) in [7, 11) is 1.79. The summed E-state index contributed by atoms with van der Waals surface area (Å²) in [4.78, 5) is 0. The molecule has 5 heteroatoms. The molecule has 0 fully saturated rings. The van der Waals surface area contributed by atoms with Gasteiger partial charge in [-0.3, -0.25) is 0 Å². The number of benzene rings is 1. The minimum Gasteiger partial charge on any atom is -0.490 e. The topological polar surface area (TPSA) is 67.5 Å². The van der Waals surface area contributed by atoms with Crippen LogP contribution < -0.4 is 10.1 Å². The van der Waals surface area contributed by atoms with Crippen LogP contribution in [0, 0.1) is 0 Å². The number of aliphatic hydroxyl groups is 1. The SMILES string of the molecule is CNCC(O)COc1ccccc1C=Cc1cc(C(C)(C)C)no1. The van der Waals surface area contributed by atoms with E-state index in [0.29, 0.717) is 12.3 Å². The molecule has 0 spiro atoms. The quantitative estimate of drug-likeness (QED) is 0.816. The summed E-state index contributed by atoms with van der Waals surface area (Å²) in [5.74, 6) is 1.42. The number of nitrogens with zero attached hydrogens (tertiary/aromatic N) is 1. The Kier molecular flexibility index (Phi) is 6.17. The zero-order chi connectivity index (χ0) is 17.6. The van der Waals surface area contributed by atoms with Crippen LogP contribution in [0.1, 0.15) is 37.8 Å². The third kappa shape index (κ3) is 5.22. The van der Waals surface area contributed by atoms with E-state index < -0.39 is 6.10 Å². The highest BCUT2D eigenvalue weighted by Crippen LogP contribution is 2.24. The van der Waals surface area contributed by atoms with Gasteiger partial charge in [0.25, 0.3) is 0 Å². The number of hydrogen-bond donors (Lipinski definition) is 2. The average molecular weight is 330 g/mol. The first kappa shape index (κ1) is 18.2. The summed E-state index contributed by atoms with van der Waals surface area (Å²) in [6, 6.07) is 9.63. The lowest BCUT2D eigenvalue weighted by atomic mass is 9.92. The molecule has 0 aliphatic rings. The van der Waals surface area contributed by atoms with Crippen LogP contribution in [0.5, 0.6) is 5.75 Å². The number of hydrogen-bond acceptors (Lipinski definition) is 5. The van der Waals surface area contributed by atoms with E-state index in [2.05, 4.69) is 31.2 Å². The molecule has 0 bridgehead atoms. The third-order valence-corrected chi connectivity index (χ3v) is 3.51. The Labute approximate surface area is 143 Å². The fourth-order valence-electron chi connectivity index (χ4n) is 2.12. The molecule has 0 saturated carbocycles. The lowest BCUT2D eigenvalue weighted by Gasteiger charge is -2.13. The summed E-state index contributed by atoms with van der Waals surface area (Å²) >= 11 is 0. The maximum atomic E-state index is 9.76. The Morgan fingerprint density at radius 2 is 2.04 bits per heavy atom. The molecule has 0 radical (unpaired) electrons. The van der Waals surface area contributed by atoms with Crippen LogP contribution >= 0.6 is 0 Å². The van der Waals surface area contributed by atoms with Crippen molar-refractivity contribution < 1.29 is 14.4 Å². The van der Waals surface area contributed by atoms with Crippen molar-refractivity contribution in [2.75, 3.05) is 20.2 Å². The minimum absolute atomic E-state index is 0.0416. The predicted octanol–water partition coefficient (Wildman–Crippen LogP) is 3.10. The zero-order valence-corrected chi connectivity index (χ0v) is 14.7. The molecular formula is C19H26N2O3. The molecule has 0 aliphatic carbocycles. The Morgan fingerprint density at radius 3 is 2.71 bits per heavy atom. The summed E-state index contributed by atoms with van der Waals surface area (Å²) in [5.41, 5.74) is 1.80. The number of nitrogens with one attached hydrogen (secondary N) is 1. The van der Waals surface area contributed by atoms with Gasteiger partial charge in [0.05, 0.1) is 5.69 Å². The normalized spacial score (nSPS) is 13.4. The molecule has 1 aromatic heterocycles. The van der Waals surface area contributed by atoms with Crippen LogP contribution in [0.4, 0.5) is 0 Å². The summed E-state index contributed by atoms with van der Waals surface area (Å²) in [6.45, 7) is 7.02. The van der Waals surface area contributed by atoms with E-state index >= 15 is 0 Å². The van der Waals surface area contributed by atoms with Crippen LogP contribution in [0.2, 0.25) is 0 Å². The molecule has 1 unspecified atom stereocenters. The lowest BCUT2D eigenvalue weighted by Crippen LogP contribution is -2.29. The molecule has 5 nitrogen and oxygen atoms in total. The molecule has 2 N–H and O–H groups in total. The molecule has 1 aromatic carbocycles. The van der Waals surface area contributed by atoms with Crippen LogP contribution in [-0.2, 0) is 5.41 Å². The van der Waals surface area contributed by atoms with Crippen molar-refractivity contribution in [2.24, 2.45) is 0 Å². The first-order chi connectivity index (χ1) is 11.4. The van der Waals surface area contributed by atoms with Gasteiger partial charge in [0.1, 0.15) is 18.5 Å². The Hall–Kier alpha value is -2.11. The molecule has 0 amide bonds. The van der Waals surface area contributed by atoms with E-state index in [4.69, 9.17) is 9.26 Å². The minimum atomic E-state index is -0.546. The highest BCUT2D eigenvalue weighted by molar-refractivity contribution is 5.70. The van der Waals surface area contributed by atoms with Crippen molar-refractivity contribution in [3.8, 4) is 5.75 Å². The molecule has 2 rings (SSSR count). The number of ether oxygens (including phenoxy) is 1. The molecule has 1 atom stereocenters. The number of rotatable bonds is 7. The molecule has 2 aromatic rings. The van der Waals surface area contributed by atoms with Crippen molar-refractivity contribution >= 4 is 12.2 Å². The largest absolute Gasteiger partial charge is 0.490 e. The Balaban J connectivity index is 2.08. The first-order valence-corrected chi connectivity index (χ1v) is 8.10. The van der Waals surface area contributed by atoms with Crippen LogP contribution in [0.3, 0.4) is 0 Å². The molecule has 1 heterocycles. The fraction of sp³-hybridized carbons (Fsp3) is 0.421. The van der Waals surface area contributed by atoms with Gasteiger partial charge in [0.15, 0.2) is 5.76 Å². The Bertz CT molecular complexity index is 671. The van der Waals surface area contributed by atoms with Gasteiger partial charge >= 0.3 is 0 Å². The summed E-state index contributed by atoms with van der Waals surface area (Å²) in [6.07, 6.45) is 3.25. The number of aliphatic hydroxyl groups excluding tert-OH is 1. The van der Waals surface area contributed by atoms with E-state index in [0.717, 1.165) is 17.0 Å². The maximum Gasteiger partial charge on any atom is 0.159 e. The average Bonchev–Trinajstić information content (AvgIpc) is 3.01. The van der Waals surface area contributed by atoms with Gasteiger partial charge in [-0.15, -0.1) is 0 Å². The maximum absolute atomic E-state index is 9.76. The number of likely N-dealkylation sites (N-methyl/N-ethyl adjacent to an activating group) is 1. The van der Waals surface area contributed by atoms with Crippen molar-refractivity contribution in [1.29, 1.82) is 0 Å². The highest BCUT2D eigenvalue weighted by Gasteiger charge is 2.18. The first-order valence-electron chi connectivity index (χ1n) is 8.10. The van der Waals surface area contributed by atoms with Crippen LogP contribution in [-0.4, -0.2) is 36.6 Å². The van der Waals surface area contributed by atoms with Gasteiger partial charge < -0.3 is 19.7 Å². The van der Waals surface area contributed by atoms with Crippen molar-refractivity contribution in [3.05, 3.63) is 47.3 Å². The molecule has 130 valence electrons. The lowest BCUT2D eigenvalue weighted by molar-refractivity contribution is 0.108. The van der Waals surface area contributed by atoms with Gasteiger partial charge in [-0.25, -0.2) is 0 Å². The van der Waals surface area contributed by atoms with Crippen molar-refractivity contribution in [1.82, 2.24) is 10.5 Å². The van der Waals surface area contributed by atoms with Crippen LogP contribution in [0.25, 0.3) is 12.2 Å². The monoisotopic (exact) mass is 330 g/mol. The van der Waals surface area contributed by atoms with Gasteiger partial charge in [-0.1, -0.05) is 44.1 Å². The highest BCUT2D eigenvalue weighted by atomic mass is 16.5. The van der Waals surface area contributed by atoms with E-state index in [1.54, 1.807) is 7.05 Å². The van der Waals surface area contributed by atoms with E-state index in [1.807, 2.05) is 42.5 Å². The van der Waals surface area contributed by atoms with Gasteiger partial charge in [-0.05, 0) is 25.3 Å². The van der Waals surface area contributed by atoms with Gasteiger partial charge in [0.2, 0.25) is 0 Å². The van der Waals surface area contributed by atoms with E-state index in [-0.39, 0.29) is 12.0 Å².